The number of aryl methyl sites for hydroxylation is 1. The van der Waals surface area contributed by atoms with Gasteiger partial charge in [0.1, 0.15) is 11.6 Å². The number of hydrogen-bond donors (Lipinski definition) is 2. The fourth-order valence-electron chi connectivity index (χ4n) is 4.53. The first-order chi connectivity index (χ1) is 16.5. The second-order valence-electron chi connectivity index (χ2n) is 9.99. The monoisotopic (exact) mass is 475 g/mol. The van der Waals surface area contributed by atoms with Gasteiger partial charge in [-0.25, -0.2) is 4.39 Å². The van der Waals surface area contributed by atoms with Crippen molar-refractivity contribution in [3.63, 3.8) is 0 Å². The van der Waals surface area contributed by atoms with E-state index in [1.807, 2.05) is 43.3 Å². The molecule has 0 fully saturated rings. The molecule has 0 radical (unpaired) electrons. The molecule has 6 heteroatoms. The normalized spacial score (nSPS) is 12.8. The van der Waals surface area contributed by atoms with Gasteiger partial charge in [0.15, 0.2) is 0 Å². The number of carbonyl (C=O) groups is 1. The predicted molar refractivity (Wildman–Crippen MR) is 137 cm³/mol. The van der Waals surface area contributed by atoms with Crippen molar-refractivity contribution in [3.8, 4) is 16.9 Å². The Kier molecular flexibility index (Phi) is 6.52. The molecular weight excluding hydrogens is 445 g/mol. The summed E-state index contributed by atoms with van der Waals surface area (Å²) in [6.07, 6.45) is 2.30. The summed E-state index contributed by atoms with van der Waals surface area (Å²) in [5.74, 6) is -0.584. The van der Waals surface area contributed by atoms with E-state index in [0.717, 1.165) is 45.3 Å². The van der Waals surface area contributed by atoms with E-state index in [4.69, 9.17) is 9.84 Å². The van der Waals surface area contributed by atoms with Gasteiger partial charge >= 0.3 is 5.97 Å². The molecule has 35 heavy (non-hydrogen) atoms. The van der Waals surface area contributed by atoms with Gasteiger partial charge in [0.25, 0.3) is 0 Å². The number of rotatable bonds is 3. The van der Waals surface area contributed by atoms with E-state index in [1.165, 1.54) is 0 Å². The lowest BCUT2D eigenvalue weighted by Gasteiger charge is -2.22. The van der Waals surface area contributed by atoms with Crippen LogP contribution < -0.4 is 4.74 Å². The van der Waals surface area contributed by atoms with Crippen LogP contribution in [0.4, 0.5) is 4.39 Å². The van der Waals surface area contributed by atoms with Crippen molar-refractivity contribution in [1.82, 2.24) is 4.98 Å². The molecule has 1 aromatic heterocycles. The first kappa shape index (κ1) is 24.6. The van der Waals surface area contributed by atoms with Gasteiger partial charge in [-0.3, -0.25) is 9.78 Å². The second kappa shape index (κ2) is 9.27. The van der Waals surface area contributed by atoms with Crippen molar-refractivity contribution >= 4 is 27.6 Å². The topological polar surface area (TPSA) is 79.7 Å². The molecule has 0 spiro atoms. The molecule has 3 aromatic carbocycles. The second-order valence-corrected chi connectivity index (χ2v) is 9.99. The molecule has 182 valence electrons. The van der Waals surface area contributed by atoms with E-state index in [-0.39, 0.29) is 12.2 Å². The van der Waals surface area contributed by atoms with Crippen LogP contribution in [0, 0.1) is 19.7 Å². The number of aliphatic carboxylic acids is 1. The molecule has 5 rings (SSSR count). The number of carboxylic acid groups (broad SMARTS) is 1. The molecule has 4 aromatic rings. The summed E-state index contributed by atoms with van der Waals surface area (Å²) in [5.41, 5.74) is 4.73. The largest absolute Gasteiger partial charge is 0.493 e. The van der Waals surface area contributed by atoms with Crippen LogP contribution in [-0.2, 0) is 17.6 Å². The highest BCUT2D eigenvalue weighted by Gasteiger charge is 2.24. The minimum absolute atomic E-state index is 0.263. The molecule has 0 saturated carbocycles. The van der Waals surface area contributed by atoms with Crippen LogP contribution >= 0.6 is 0 Å². The highest BCUT2D eigenvalue weighted by atomic mass is 19.1. The van der Waals surface area contributed by atoms with Crippen LogP contribution in [0.1, 0.15) is 43.0 Å². The Morgan fingerprint density at radius 3 is 2.51 bits per heavy atom. The van der Waals surface area contributed by atoms with E-state index >= 15 is 4.39 Å². The van der Waals surface area contributed by atoms with Crippen LogP contribution in [-0.4, -0.2) is 33.4 Å². The van der Waals surface area contributed by atoms with Crippen molar-refractivity contribution in [2.24, 2.45) is 0 Å². The van der Waals surface area contributed by atoms with Crippen LogP contribution in [0.2, 0.25) is 0 Å². The third kappa shape index (κ3) is 4.98. The van der Waals surface area contributed by atoms with Gasteiger partial charge in [-0.2, -0.15) is 0 Å². The molecule has 0 saturated heterocycles. The van der Waals surface area contributed by atoms with Crippen LogP contribution in [0.15, 0.2) is 42.6 Å². The first-order valence-corrected chi connectivity index (χ1v) is 11.6. The summed E-state index contributed by atoms with van der Waals surface area (Å²) in [7, 11) is 0. The number of ether oxygens (including phenoxy) is 1. The van der Waals surface area contributed by atoms with Gasteiger partial charge in [-0.05, 0) is 86.5 Å². The van der Waals surface area contributed by atoms with Crippen LogP contribution in [0.5, 0.6) is 5.75 Å². The van der Waals surface area contributed by atoms with E-state index in [2.05, 4.69) is 4.98 Å². The van der Waals surface area contributed by atoms with E-state index in [9.17, 15) is 9.90 Å². The van der Waals surface area contributed by atoms with Crippen molar-refractivity contribution in [2.75, 3.05) is 6.61 Å². The van der Waals surface area contributed by atoms with Crippen molar-refractivity contribution < 1.29 is 24.1 Å². The molecule has 5 nitrogen and oxygen atoms in total. The fourth-order valence-corrected chi connectivity index (χ4v) is 4.53. The zero-order chi connectivity index (χ0) is 25.5. The highest BCUT2D eigenvalue weighted by molar-refractivity contribution is 6.08. The fraction of sp³-hybridized carbons (Fsp3) is 0.310. The Labute approximate surface area is 204 Å². The maximum absolute atomic E-state index is 15.3. The lowest BCUT2D eigenvalue weighted by atomic mass is 9.86. The number of carboxylic acids is 1. The quantitative estimate of drug-likeness (QED) is 0.372. The SMILES string of the molecule is CC(C)(C)O.Cc1ccc2c(-c3ccc4c5c(ccnc35)CCO4)c(CC(=O)O)c(C)c(F)c2c1. The Bertz CT molecular complexity index is 1440. The number of aliphatic hydroxyl groups is 1. The zero-order valence-corrected chi connectivity index (χ0v) is 20.7. The summed E-state index contributed by atoms with van der Waals surface area (Å²) in [4.78, 5) is 16.3. The first-order valence-electron chi connectivity index (χ1n) is 11.6. The Morgan fingerprint density at radius 2 is 1.83 bits per heavy atom. The van der Waals surface area contributed by atoms with Crippen LogP contribution in [0.25, 0.3) is 32.8 Å². The molecule has 0 aliphatic carbocycles. The predicted octanol–water partition coefficient (Wildman–Crippen LogP) is 6.15. The number of pyridine rings is 1. The third-order valence-electron chi connectivity index (χ3n) is 5.93. The maximum Gasteiger partial charge on any atom is 0.307 e. The number of hydrogen-bond acceptors (Lipinski definition) is 4. The van der Waals surface area contributed by atoms with Crippen molar-refractivity contribution in [1.29, 1.82) is 0 Å². The summed E-state index contributed by atoms with van der Waals surface area (Å²) >= 11 is 0. The molecule has 1 aliphatic rings. The average molecular weight is 476 g/mol. The minimum Gasteiger partial charge on any atom is -0.493 e. The number of halogens is 1. The number of nitrogens with zero attached hydrogens (tertiary/aromatic N) is 1. The smallest absolute Gasteiger partial charge is 0.307 e. The highest BCUT2D eigenvalue weighted by Crippen LogP contribution is 2.43. The lowest BCUT2D eigenvalue weighted by molar-refractivity contribution is -0.136. The molecule has 0 atom stereocenters. The van der Waals surface area contributed by atoms with Gasteiger partial charge < -0.3 is 14.9 Å². The number of benzene rings is 3. The Morgan fingerprint density at radius 1 is 1.11 bits per heavy atom. The summed E-state index contributed by atoms with van der Waals surface area (Å²) in [5, 5.41) is 20.2. The molecule has 0 bridgehead atoms. The maximum atomic E-state index is 15.3. The number of aromatic nitrogens is 1. The van der Waals surface area contributed by atoms with Gasteiger partial charge in [-0.1, -0.05) is 17.7 Å². The standard InChI is InChI=1S/C25H20FNO3.C4H10O/c1-13-3-4-16-19(11-13)24(26)14(2)18(12-21(28)29)23(16)17-5-6-20-22-15(8-10-30-20)7-9-27-25(17)22;1-4(2,3)5/h3-7,9,11H,8,10,12H2,1-2H3,(H,28,29);5H,1-3H3. The molecule has 2 N–H and O–H groups in total. The molecule has 0 amide bonds. The average Bonchev–Trinajstić information content (AvgIpc) is 2.78. The lowest BCUT2D eigenvalue weighted by Crippen LogP contribution is -2.10. The summed E-state index contributed by atoms with van der Waals surface area (Å²) < 4.78 is 21.1. The third-order valence-corrected chi connectivity index (χ3v) is 5.93. The van der Waals surface area contributed by atoms with E-state index in [0.29, 0.717) is 28.5 Å². The Hall–Kier alpha value is -3.51. The van der Waals surface area contributed by atoms with Gasteiger partial charge in [0, 0.05) is 29.0 Å². The Balaban J connectivity index is 0.000000527. The summed E-state index contributed by atoms with van der Waals surface area (Å²) in [6, 6.07) is 11.4. The summed E-state index contributed by atoms with van der Waals surface area (Å²) in [6.45, 7) is 9.42. The van der Waals surface area contributed by atoms with Gasteiger partial charge in [0.05, 0.1) is 24.1 Å². The molecule has 2 heterocycles. The number of fused-ring (bicyclic) bond motifs is 1. The van der Waals surface area contributed by atoms with Crippen molar-refractivity contribution in [2.45, 2.75) is 53.1 Å². The molecular formula is C29H30FNO4. The van der Waals surface area contributed by atoms with Gasteiger partial charge in [0.2, 0.25) is 0 Å². The van der Waals surface area contributed by atoms with Crippen molar-refractivity contribution in [3.05, 3.63) is 70.7 Å². The van der Waals surface area contributed by atoms with E-state index < -0.39 is 11.6 Å². The van der Waals surface area contributed by atoms with Crippen LogP contribution in [0.3, 0.4) is 0 Å². The molecule has 0 unspecified atom stereocenters. The molecule has 1 aliphatic heterocycles. The van der Waals surface area contributed by atoms with E-state index in [1.54, 1.807) is 33.9 Å². The minimum atomic E-state index is -0.996. The van der Waals surface area contributed by atoms with Gasteiger partial charge in [-0.15, -0.1) is 0 Å². The zero-order valence-electron chi connectivity index (χ0n) is 20.7.